The van der Waals surface area contributed by atoms with Crippen molar-refractivity contribution in [3.63, 3.8) is 0 Å². The highest BCUT2D eigenvalue weighted by molar-refractivity contribution is 5.75. The standard InChI is InChI=1S/C8H7NO/c9-8-3-1-7(2-4-8)5-6-10/h1-5H,9H2. The molecule has 0 atom stereocenters. The van der Waals surface area contributed by atoms with Crippen LogP contribution < -0.4 is 5.73 Å². The van der Waals surface area contributed by atoms with Gasteiger partial charge in [0, 0.05) is 11.8 Å². The van der Waals surface area contributed by atoms with Crippen molar-refractivity contribution in [2.45, 2.75) is 0 Å². The van der Waals surface area contributed by atoms with Crippen molar-refractivity contribution in [1.29, 1.82) is 0 Å². The lowest BCUT2D eigenvalue weighted by Crippen LogP contribution is -1.82. The molecule has 1 aromatic rings. The molecule has 0 fully saturated rings. The normalized spacial score (nSPS) is 8.40. The van der Waals surface area contributed by atoms with Gasteiger partial charge < -0.3 is 5.73 Å². The smallest absolute Gasteiger partial charge is 0.125 e. The topological polar surface area (TPSA) is 43.1 Å². The van der Waals surface area contributed by atoms with E-state index in [-0.39, 0.29) is 0 Å². The molecular formula is C8H7NO. The second-order valence-electron chi connectivity index (χ2n) is 1.93. The zero-order valence-corrected chi connectivity index (χ0v) is 5.37. The summed E-state index contributed by atoms with van der Waals surface area (Å²) in [5, 5.41) is 0. The second-order valence-corrected chi connectivity index (χ2v) is 1.93. The highest BCUT2D eigenvalue weighted by Gasteiger charge is 1.84. The SMILES string of the molecule is Nc1ccc(C=C=O)cc1. The van der Waals surface area contributed by atoms with Gasteiger partial charge in [0.25, 0.3) is 0 Å². The van der Waals surface area contributed by atoms with E-state index in [4.69, 9.17) is 5.73 Å². The third kappa shape index (κ3) is 1.47. The maximum absolute atomic E-state index is 9.85. The second kappa shape index (κ2) is 2.85. The van der Waals surface area contributed by atoms with Crippen LogP contribution in [-0.4, -0.2) is 5.94 Å². The van der Waals surface area contributed by atoms with E-state index in [0.717, 1.165) is 5.56 Å². The maximum Gasteiger partial charge on any atom is 0.125 e. The molecule has 0 bridgehead atoms. The fourth-order valence-corrected chi connectivity index (χ4v) is 0.660. The first-order valence-corrected chi connectivity index (χ1v) is 2.89. The number of carbonyl (C=O) groups excluding carboxylic acids is 1. The van der Waals surface area contributed by atoms with Crippen molar-refractivity contribution in [2.24, 2.45) is 0 Å². The fraction of sp³-hybridized carbons (Fsp3) is 0. The summed E-state index contributed by atoms with van der Waals surface area (Å²) in [4.78, 5) is 9.85. The number of hydrogen-bond acceptors (Lipinski definition) is 2. The number of nitrogens with two attached hydrogens (primary N) is 1. The number of anilines is 1. The van der Waals surface area contributed by atoms with Crippen LogP contribution in [0.3, 0.4) is 0 Å². The van der Waals surface area contributed by atoms with Crippen LogP contribution in [0.5, 0.6) is 0 Å². The zero-order valence-electron chi connectivity index (χ0n) is 5.37. The summed E-state index contributed by atoms with van der Waals surface area (Å²) in [5.74, 6) is 1.69. The molecule has 0 unspecified atom stereocenters. The number of rotatable bonds is 1. The van der Waals surface area contributed by atoms with Crippen molar-refractivity contribution < 1.29 is 4.79 Å². The summed E-state index contributed by atoms with van der Waals surface area (Å²) >= 11 is 0. The van der Waals surface area contributed by atoms with E-state index in [9.17, 15) is 4.79 Å². The molecule has 0 amide bonds. The summed E-state index contributed by atoms with van der Waals surface area (Å²) in [6.45, 7) is 0. The lowest BCUT2D eigenvalue weighted by molar-refractivity contribution is 0.570. The van der Waals surface area contributed by atoms with Crippen LogP contribution in [0.25, 0.3) is 6.08 Å². The van der Waals surface area contributed by atoms with Crippen molar-refractivity contribution >= 4 is 17.7 Å². The molecule has 0 aromatic heterocycles. The number of nitrogen functional groups attached to an aromatic ring is 1. The molecule has 2 N–H and O–H groups in total. The van der Waals surface area contributed by atoms with Gasteiger partial charge in [0.1, 0.15) is 5.94 Å². The molecule has 0 aliphatic rings. The van der Waals surface area contributed by atoms with Crippen molar-refractivity contribution in [3.05, 3.63) is 29.8 Å². The average Bonchev–Trinajstić information content (AvgIpc) is 1.95. The first kappa shape index (κ1) is 6.59. The predicted octanol–water partition coefficient (Wildman–Crippen LogP) is 1.11. The van der Waals surface area contributed by atoms with Crippen molar-refractivity contribution in [2.75, 3.05) is 5.73 Å². The Labute approximate surface area is 59.0 Å². The van der Waals surface area contributed by atoms with Crippen LogP contribution >= 0.6 is 0 Å². The van der Waals surface area contributed by atoms with Crippen LogP contribution in [0.1, 0.15) is 5.56 Å². The molecule has 0 spiro atoms. The van der Waals surface area contributed by atoms with Crippen LogP contribution in [0.4, 0.5) is 5.69 Å². The van der Waals surface area contributed by atoms with Crippen molar-refractivity contribution in [1.82, 2.24) is 0 Å². The van der Waals surface area contributed by atoms with Crippen LogP contribution in [-0.2, 0) is 4.79 Å². The van der Waals surface area contributed by atoms with Gasteiger partial charge in [-0.05, 0) is 17.7 Å². The monoisotopic (exact) mass is 133 g/mol. The average molecular weight is 133 g/mol. The number of hydrogen-bond donors (Lipinski definition) is 1. The van der Waals surface area contributed by atoms with Crippen LogP contribution in [0.2, 0.25) is 0 Å². The van der Waals surface area contributed by atoms with Gasteiger partial charge in [0.2, 0.25) is 0 Å². The van der Waals surface area contributed by atoms with E-state index in [2.05, 4.69) is 0 Å². The molecular weight excluding hydrogens is 126 g/mol. The lowest BCUT2D eigenvalue weighted by atomic mass is 10.2. The summed E-state index contributed by atoms with van der Waals surface area (Å²) in [6, 6.07) is 7.01. The summed E-state index contributed by atoms with van der Waals surface area (Å²) in [7, 11) is 0. The van der Waals surface area contributed by atoms with Gasteiger partial charge in [-0.2, -0.15) is 0 Å². The van der Waals surface area contributed by atoms with Gasteiger partial charge in [0.05, 0.1) is 0 Å². The largest absolute Gasteiger partial charge is 0.399 e. The van der Waals surface area contributed by atoms with E-state index in [1.165, 1.54) is 6.08 Å². The molecule has 0 aliphatic carbocycles. The summed E-state index contributed by atoms with van der Waals surface area (Å²) < 4.78 is 0. The molecule has 0 heterocycles. The maximum atomic E-state index is 9.85. The quantitative estimate of drug-likeness (QED) is 0.460. The van der Waals surface area contributed by atoms with E-state index >= 15 is 0 Å². The Morgan fingerprint density at radius 2 is 1.90 bits per heavy atom. The third-order valence-corrected chi connectivity index (χ3v) is 1.16. The van der Waals surface area contributed by atoms with Gasteiger partial charge in [-0.1, -0.05) is 12.1 Å². The molecule has 2 nitrogen and oxygen atoms in total. The number of benzene rings is 1. The Hall–Kier alpha value is -1.53. The first-order chi connectivity index (χ1) is 4.83. The van der Waals surface area contributed by atoms with Crippen LogP contribution in [0.15, 0.2) is 24.3 Å². The Morgan fingerprint density at radius 3 is 2.40 bits per heavy atom. The lowest BCUT2D eigenvalue weighted by Gasteiger charge is -1.90. The zero-order chi connectivity index (χ0) is 7.40. The van der Waals surface area contributed by atoms with E-state index in [1.54, 1.807) is 30.2 Å². The van der Waals surface area contributed by atoms with Crippen LogP contribution in [0, 0.1) is 0 Å². The van der Waals surface area contributed by atoms with E-state index in [0.29, 0.717) is 5.69 Å². The van der Waals surface area contributed by atoms with E-state index in [1.807, 2.05) is 0 Å². The van der Waals surface area contributed by atoms with Crippen molar-refractivity contribution in [3.8, 4) is 0 Å². The predicted molar refractivity (Wildman–Crippen MR) is 41.0 cm³/mol. The minimum atomic E-state index is 0.697. The molecule has 0 radical (unpaired) electrons. The molecule has 50 valence electrons. The summed E-state index contributed by atoms with van der Waals surface area (Å²) in [6.07, 6.45) is 1.36. The van der Waals surface area contributed by atoms with Gasteiger partial charge in [-0.25, -0.2) is 4.79 Å². The molecule has 0 saturated carbocycles. The Kier molecular flexibility index (Phi) is 1.88. The molecule has 0 saturated heterocycles. The molecule has 2 heteroatoms. The molecule has 1 rings (SSSR count). The first-order valence-electron chi connectivity index (χ1n) is 2.89. The minimum Gasteiger partial charge on any atom is -0.399 e. The Morgan fingerprint density at radius 1 is 1.30 bits per heavy atom. The van der Waals surface area contributed by atoms with Gasteiger partial charge in [0.15, 0.2) is 0 Å². The molecule has 0 aliphatic heterocycles. The van der Waals surface area contributed by atoms with Gasteiger partial charge >= 0.3 is 0 Å². The Balaban J connectivity index is 3.00. The highest BCUT2D eigenvalue weighted by Crippen LogP contribution is 2.04. The Bertz CT molecular complexity index is 257. The minimum absolute atomic E-state index is 0.697. The highest BCUT2D eigenvalue weighted by atomic mass is 16.1. The van der Waals surface area contributed by atoms with Gasteiger partial charge in [-0.3, -0.25) is 0 Å². The van der Waals surface area contributed by atoms with Gasteiger partial charge in [-0.15, -0.1) is 0 Å². The fourth-order valence-electron chi connectivity index (χ4n) is 0.660. The van der Waals surface area contributed by atoms with E-state index < -0.39 is 0 Å². The molecule has 1 aromatic carbocycles. The molecule has 10 heavy (non-hydrogen) atoms. The summed E-state index contributed by atoms with van der Waals surface area (Å²) in [5.41, 5.74) is 6.93. The third-order valence-electron chi connectivity index (χ3n) is 1.16.